The maximum absolute atomic E-state index is 5.01. The number of nitrogens with two attached hydrogens (primary N) is 1. The summed E-state index contributed by atoms with van der Waals surface area (Å²) in [5.41, 5.74) is 5.01. The second-order valence-corrected chi connectivity index (χ2v) is 1.19. The molecule has 2 N–H and O–H groups in total. The Balaban J connectivity index is 2.78. The van der Waals surface area contributed by atoms with Crippen LogP contribution < -0.4 is 5.73 Å². The zero-order chi connectivity index (χ0) is 5.54. The summed E-state index contributed by atoms with van der Waals surface area (Å²) in [6.07, 6.45) is 1.05. The van der Waals surface area contributed by atoms with Crippen LogP contribution in [-0.4, -0.2) is 13.2 Å². The Labute approximate surface area is 43.6 Å². The molecule has 0 aromatic rings. The molecule has 3 nitrogen and oxygen atoms in total. The van der Waals surface area contributed by atoms with Crippen LogP contribution in [0.2, 0.25) is 0 Å². The van der Waals surface area contributed by atoms with Gasteiger partial charge in [-0.3, -0.25) is 0 Å². The molecule has 0 spiro atoms. The van der Waals surface area contributed by atoms with E-state index in [2.05, 4.69) is 17.2 Å². The van der Waals surface area contributed by atoms with Gasteiger partial charge in [-0.2, -0.15) is 10.2 Å². The molecule has 0 atom stereocenters. The molecule has 0 rings (SSSR count). The fraction of sp³-hybridized carbons (Fsp3) is 1.00. The summed E-state index contributed by atoms with van der Waals surface area (Å²) in [5, 5.41) is 7.27. The van der Waals surface area contributed by atoms with Gasteiger partial charge >= 0.3 is 0 Å². The number of hydrogen-bond donors (Lipinski definition) is 1. The molecule has 0 aliphatic heterocycles. The first kappa shape index (κ1) is 6.56. The Bertz CT molecular complexity index is 50.9. The van der Waals surface area contributed by atoms with E-state index in [1.165, 1.54) is 0 Å². The molecule has 0 radical (unpaired) electrons. The highest BCUT2D eigenvalue weighted by Gasteiger charge is 1.69. The van der Waals surface area contributed by atoms with Crippen molar-refractivity contribution in [2.24, 2.45) is 16.0 Å². The van der Waals surface area contributed by atoms with Crippen LogP contribution >= 0.6 is 0 Å². The van der Waals surface area contributed by atoms with E-state index in [1.54, 1.807) is 0 Å². The highest BCUT2D eigenvalue weighted by atomic mass is 15.1. The number of rotatable bonds is 3. The molecule has 3 heteroatoms. The van der Waals surface area contributed by atoms with Crippen molar-refractivity contribution < 1.29 is 0 Å². The molecular weight excluding hydrogens is 90.1 g/mol. The molecule has 0 amide bonds. The fourth-order valence-electron chi connectivity index (χ4n) is 0.228. The Kier molecular flexibility index (Phi) is 5.21. The molecule has 0 aromatic carbocycles. The number of hydrogen-bond acceptors (Lipinski definition) is 3. The SMILES string of the molecule is CCCN=NCN. The van der Waals surface area contributed by atoms with Crippen LogP contribution in [0.15, 0.2) is 10.2 Å². The van der Waals surface area contributed by atoms with Gasteiger partial charge in [0.15, 0.2) is 0 Å². The standard InChI is InChI=1S/C4H11N3/c1-2-3-6-7-4-5/h2-5H2,1H3. The van der Waals surface area contributed by atoms with Gasteiger partial charge in [-0.15, -0.1) is 0 Å². The zero-order valence-electron chi connectivity index (χ0n) is 4.59. The lowest BCUT2D eigenvalue weighted by Gasteiger charge is -1.80. The molecule has 0 aromatic heterocycles. The first-order chi connectivity index (χ1) is 3.41. The smallest absolute Gasteiger partial charge is 0.107 e. The summed E-state index contributed by atoms with van der Waals surface area (Å²) < 4.78 is 0. The minimum Gasteiger partial charge on any atom is -0.311 e. The topological polar surface area (TPSA) is 50.7 Å². The summed E-state index contributed by atoms with van der Waals surface area (Å²) >= 11 is 0. The Morgan fingerprint density at radius 2 is 2.14 bits per heavy atom. The van der Waals surface area contributed by atoms with Crippen molar-refractivity contribution in [2.45, 2.75) is 13.3 Å². The van der Waals surface area contributed by atoms with Gasteiger partial charge in [-0.1, -0.05) is 6.92 Å². The lowest BCUT2D eigenvalue weighted by molar-refractivity contribution is 0.820. The predicted octanol–water partition coefficient (Wildman–Crippen LogP) is 0.765. The lowest BCUT2D eigenvalue weighted by Crippen LogP contribution is -1.92. The summed E-state index contributed by atoms with van der Waals surface area (Å²) in [6.45, 7) is 3.17. The van der Waals surface area contributed by atoms with Crippen molar-refractivity contribution in [3.05, 3.63) is 0 Å². The number of azo groups is 1. The molecule has 0 unspecified atom stereocenters. The molecule has 42 valence electrons. The van der Waals surface area contributed by atoms with E-state index in [-0.39, 0.29) is 0 Å². The van der Waals surface area contributed by atoms with E-state index in [4.69, 9.17) is 5.73 Å². The normalized spacial score (nSPS) is 10.6. The number of nitrogens with zero attached hydrogens (tertiary/aromatic N) is 2. The van der Waals surface area contributed by atoms with Gasteiger partial charge in [0.05, 0.1) is 6.54 Å². The van der Waals surface area contributed by atoms with E-state index in [0.29, 0.717) is 6.67 Å². The predicted molar refractivity (Wildman–Crippen MR) is 29.1 cm³/mol. The summed E-state index contributed by atoms with van der Waals surface area (Å²) in [4.78, 5) is 0. The van der Waals surface area contributed by atoms with Crippen molar-refractivity contribution in [1.29, 1.82) is 0 Å². The maximum atomic E-state index is 5.01. The summed E-state index contributed by atoms with van der Waals surface area (Å²) in [5.74, 6) is 0. The van der Waals surface area contributed by atoms with E-state index in [9.17, 15) is 0 Å². The summed E-state index contributed by atoms with van der Waals surface area (Å²) in [7, 11) is 0. The average Bonchev–Trinajstić information content (AvgIpc) is 1.69. The Morgan fingerprint density at radius 1 is 1.43 bits per heavy atom. The van der Waals surface area contributed by atoms with Crippen molar-refractivity contribution in [3.63, 3.8) is 0 Å². The van der Waals surface area contributed by atoms with Crippen LogP contribution in [0.1, 0.15) is 13.3 Å². The van der Waals surface area contributed by atoms with Crippen LogP contribution in [0.4, 0.5) is 0 Å². The van der Waals surface area contributed by atoms with Gasteiger partial charge in [-0.25, -0.2) is 0 Å². The van der Waals surface area contributed by atoms with Gasteiger partial charge in [-0.05, 0) is 6.42 Å². The molecule has 7 heavy (non-hydrogen) atoms. The molecule has 0 saturated heterocycles. The fourth-order valence-corrected chi connectivity index (χ4v) is 0.228. The molecule has 0 aliphatic rings. The Hall–Kier alpha value is -0.440. The molecule has 0 aliphatic carbocycles. The van der Waals surface area contributed by atoms with Crippen molar-refractivity contribution in [1.82, 2.24) is 0 Å². The third-order valence-electron chi connectivity index (χ3n) is 0.505. The van der Waals surface area contributed by atoms with Crippen LogP contribution in [0.5, 0.6) is 0 Å². The van der Waals surface area contributed by atoms with Gasteiger partial charge in [0.25, 0.3) is 0 Å². The molecule has 0 fully saturated rings. The quantitative estimate of drug-likeness (QED) is 0.524. The van der Waals surface area contributed by atoms with Crippen LogP contribution in [0.25, 0.3) is 0 Å². The van der Waals surface area contributed by atoms with E-state index in [1.807, 2.05) is 0 Å². The average molecular weight is 101 g/mol. The zero-order valence-corrected chi connectivity index (χ0v) is 4.59. The third-order valence-corrected chi connectivity index (χ3v) is 0.505. The van der Waals surface area contributed by atoms with Crippen LogP contribution in [0, 0.1) is 0 Å². The van der Waals surface area contributed by atoms with Gasteiger partial charge in [0, 0.05) is 0 Å². The maximum Gasteiger partial charge on any atom is 0.107 e. The first-order valence-electron chi connectivity index (χ1n) is 2.45. The van der Waals surface area contributed by atoms with Crippen molar-refractivity contribution in [3.8, 4) is 0 Å². The largest absolute Gasteiger partial charge is 0.311 e. The van der Waals surface area contributed by atoms with E-state index < -0.39 is 0 Å². The minimum atomic E-state index is 0.319. The van der Waals surface area contributed by atoms with Crippen LogP contribution in [-0.2, 0) is 0 Å². The molecular formula is C4H11N3. The highest BCUT2D eigenvalue weighted by Crippen LogP contribution is 1.76. The van der Waals surface area contributed by atoms with Gasteiger partial charge < -0.3 is 5.73 Å². The molecule has 0 saturated carbocycles. The van der Waals surface area contributed by atoms with E-state index >= 15 is 0 Å². The van der Waals surface area contributed by atoms with Crippen molar-refractivity contribution >= 4 is 0 Å². The monoisotopic (exact) mass is 101 g/mol. The minimum absolute atomic E-state index is 0.319. The third kappa shape index (κ3) is 5.56. The molecule has 0 heterocycles. The van der Waals surface area contributed by atoms with E-state index in [0.717, 1.165) is 13.0 Å². The van der Waals surface area contributed by atoms with Crippen LogP contribution in [0.3, 0.4) is 0 Å². The lowest BCUT2D eigenvalue weighted by atomic mass is 10.5. The second-order valence-electron chi connectivity index (χ2n) is 1.19. The highest BCUT2D eigenvalue weighted by molar-refractivity contribution is 4.31. The summed E-state index contributed by atoms with van der Waals surface area (Å²) in [6, 6.07) is 0. The van der Waals surface area contributed by atoms with Gasteiger partial charge in [0.2, 0.25) is 0 Å². The first-order valence-corrected chi connectivity index (χ1v) is 2.45. The van der Waals surface area contributed by atoms with Crippen molar-refractivity contribution in [2.75, 3.05) is 13.2 Å². The Morgan fingerprint density at radius 3 is 2.57 bits per heavy atom. The molecule has 0 bridgehead atoms. The second kappa shape index (κ2) is 5.56. The van der Waals surface area contributed by atoms with Gasteiger partial charge in [0.1, 0.15) is 6.67 Å².